The first-order chi connectivity index (χ1) is 7.70. The lowest BCUT2D eigenvalue weighted by atomic mass is 10.5. The zero-order valence-corrected chi connectivity index (χ0v) is 10.1. The Morgan fingerprint density at radius 2 is 1.25 bits per heavy atom. The molecule has 0 amide bonds. The van der Waals surface area contributed by atoms with Crippen molar-refractivity contribution < 1.29 is 19.1 Å². The van der Waals surface area contributed by atoms with E-state index >= 15 is 0 Å². The molecule has 0 heterocycles. The van der Waals surface area contributed by atoms with Crippen LogP contribution in [0.15, 0.2) is 0 Å². The van der Waals surface area contributed by atoms with Crippen LogP contribution in [0.2, 0.25) is 0 Å². The van der Waals surface area contributed by atoms with E-state index in [4.69, 9.17) is 23.2 Å². The largest absolute Gasteiger partial charge is 0.452 e. The van der Waals surface area contributed by atoms with Crippen LogP contribution in [0.1, 0.15) is 12.8 Å². The lowest BCUT2D eigenvalue weighted by Gasteiger charge is -1.97. The summed E-state index contributed by atoms with van der Waals surface area (Å²) in [6, 6.07) is 0. The lowest BCUT2D eigenvalue weighted by Crippen LogP contribution is -2.06. The molecule has 0 saturated heterocycles. The molecule has 4 nitrogen and oxygen atoms in total. The second-order valence-corrected chi connectivity index (χ2v) is 3.31. The van der Waals surface area contributed by atoms with Gasteiger partial charge in [-0.1, -0.05) is 11.8 Å². The average molecular weight is 267 g/mol. The number of carbonyl (C=O) groups excluding carboxylic acids is 2. The summed E-state index contributed by atoms with van der Waals surface area (Å²) in [5.41, 5.74) is 0. The van der Waals surface area contributed by atoms with Crippen molar-refractivity contribution in [1.29, 1.82) is 0 Å². The number of hydrogen-bond donors (Lipinski definition) is 0. The van der Waals surface area contributed by atoms with Crippen molar-refractivity contribution in [2.75, 3.05) is 25.0 Å². The van der Waals surface area contributed by atoms with Crippen LogP contribution in [0, 0.1) is 11.8 Å². The van der Waals surface area contributed by atoms with E-state index in [1.807, 2.05) is 0 Å². The molecular formula is C10H12Cl2O4. The van der Waals surface area contributed by atoms with Gasteiger partial charge in [0, 0.05) is 11.8 Å². The van der Waals surface area contributed by atoms with Crippen molar-refractivity contribution in [2.45, 2.75) is 12.8 Å². The van der Waals surface area contributed by atoms with E-state index in [0.717, 1.165) is 0 Å². The Bertz CT molecular complexity index is 254. The highest BCUT2D eigenvalue weighted by Crippen LogP contribution is 1.89. The van der Waals surface area contributed by atoms with E-state index in [9.17, 15) is 9.59 Å². The van der Waals surface area contributed by atoms with Crippen LogP contribution in [0.3, 0.4) is 0 Å². The Hall–Kier alpha value is -0.920. The third-order valence-corrected chi connectivity index (χ3v) is 1.71. The van der Waals surface area contributed by atoms with Crippen molar-refractivity contribution in [3.63, 3.8) is 0 Å². The summed E-state index contributed by atoms with van der Waals surface area (Å²) in [7, 11) is 0. The minimum absolute atomic E-state index is 0.0250. The molecule has 0 aliphatic carbocycles. The van der Waals surface area contributed by atoms with Gasteiger partial charge in [-0.3, -0.25) is 9.59 Å². The number of halogens is 2. The van der Waals surface area contributed by atoms with Gasteiger partial charge in [0.2, 0.25) is 0 Å². The summed E-state index contributed by atoms with van der Waals surface area (Å²) >= 11 is 10.6. The highest BCUT2D eigenvalue weighted by Gasteiger charge is 1.99. The standard InChI is InChI=1S/C10H12Cl2O4/c11-5-3-9(13)15-7-1-2-8-16-10(14)4-6-12/h3-8H2. The fourth-order valence-corrected chi connectivity index (χ4v) is 0.942. The van der Waals surface area contributed by atoms with Gasteiger partial charge in [0.1, 0.15) is 0 Å². The van der Waals surface area contributed by atoms with Gasteiger partial charge in [-0.05, 0) is 0 Å². The van der Waals surface area contributed by atoms with Crippen LogP contribution in [0.4, 0.5) is 0 Å². The quantitative estimate of drug-likeness (QED) is 0.414. The van der Waals surface area contributed by atoms with Crippen molar-refractivity contribution in [3.8, 4) is 11.8 Å². The van der Waals surface area contributed by atoms with Crippen LogP contribution in [0.25, 0.3) is 0 Å². The molecule has 90 valence electrons. The van der Waals surface area contributed by atoms with Crippen LogP contribution in [0.5, 0.6) is 0 Å². The fourth-order valence-electron chi connectivity index (χ4n) is 0.634. The minimum Gasteiger partial charge on any atom is -0.452 e. The summed E-state index contributed by atoms with van der Waals surface area (Å²) in [6.45, 7) is -0.0500. The first kappa shape index (κ1) is 15.1. The number of carbonyl (C=O) groups is 2. The first-order valence-electron chi connectivity index (χ1n) is 4.59. The molecule has 0 aromatic carbocycles. The molecule has 0 aromatic rings. The van der Waals surface area contributed by atoms with E-state index in [-0.39, 0.29) is 37.8 Å². The van der Waals surface area contributed by atoms with Gasteiger partial charge in [0.15, 0.2) is 13.2 Å². The van der Waals surface area contributed by atoms with Gasteiger partial charge in [0.25, 0.3) is 0 Å². The summed E-state index contributed by atoms with van der Waals surface area (Å²) < 4.78 is 9.36. The van der Waals surface area contributed by atoms with Crippen LogP contribution in [-0.2, 0) is 19.1 Å². The van der Waals surface area contributed by atoms with Gasteiger partial charge in [-0.25, -0.2) is 0 Å². The third kappa shape index (κ3) is 9.63. The highest BCUT2D eigenvalue weighted by molar-refractivity contribution is 6.19. The number of alkyl halides is 2. The monoisotopic (exact) mass is 266 g/mol. The second-order valence-electron chi connectivity index (χ2n) is 2.55. The SMILES string of the molecule is O=C(CCCl)OCC#CCOC(=O)CCCl. The van der Waals surface area contributed by atoms with Crippen LogP contribution in [-0.4, -0.2) is 36.9 Å². The summed E-state index contributed by atoms with van der Waals surface area (Å²) in [6.07, 6.45) is 0.321. The molecular weight excluding hydrogens is 255 g/mol. The number of hydrogen-bond acceptors (Lipinski definition) is 4. The van der Waals surface area contributed by atoms with Crippen molar-refractivity contribution >= 4 is 35.1 Å². The molecule has 0 radical (unpaired) electrons. The minimum atomic E-state index is -0.400. The molecule has 0 rings (SSSR count). The number of rotatable bonds is 6. The van der Waals surface area contributed by atoms with E-state index in [1.165, 1.54) is 0 Å². The molecule has 0 aromatic heterocycles. The molecule has 0 aliphatic heterocycles. The third-order valence-electron chi connectivity index (χ3n) is 1.33. The molecule has 0 N–H and O–H groups in total. The maximum absolute atomic E-state index is 10.8. The molecule has 0 aliphatic rings. The Labute approximate surface area is 104 Å². The number of ether oxygens (including phenoxy) is 2. The molecule has 6 heteroatoms. The van der Waals surface area contributed by atoms with Crippen LogP contribution >= 0.6 is 23.2 Å². The predicted molar refractivity (Wildman–Crippen MR) is 60.4 cm³/mol. The Morgan fingerprint density at radius 1 is 0.875 bits per heavy atom. The summed E-state index contributed by atoms with van der Waals surface area (Å²) in [4.78, 5) is 21.6. The zero-order valence-electron chi connectivity index (χ0n) is 8.63. The summed E-state index contributed by atoms with van der Waals surface area (Å²) in [5, 5.41) is 0. The Kier molecular flexibility index (Phi) is 9.98. The molecule has 16 heavy (non-hydrogen) atoms. The van der Waals surface area contributed by atoms with E-state index < -0.39 is 11.9 Å². The zero-order chi connectivity index (χ0) is 12.2. The molecule has 0 fully saturated rings. The second kappa shape index (κ2) is 10.6. The van der Waals surface area contributed by atoms with Crippen molar-refractivity contribution in [3.05, 3.63) is 0 Å². The highest BCUT2D eigenvalue weighted by atomic mass is 35.5. The molecule has 0 spiro atoms. The maximum Gasteiger partial charge on any atom is 0.307 e. The predicted octanol–water partition coefficient (Wildman–Crippen LogP) is 1.33. The van der Waals surface area contributed by atoms with E-state index in [2.05, 4.69) is 21.3 Å². The molecule has 0 unspecified atom stereocenters. The van der Waals surface area contributed by atoms with E-state index in [1.54, 1.807) is 0 Å². The van der Waals surface area contributed by atoms with E-state index in [0.29, 0.717) is 0 Å². The maximum atomic E-state index is 10.8. The Balaban J connectivity index is 3.48. The van der Waals surface area contributed by atoms with Crippen molar-refractivity contribution in [2.24, 2.45) is 0 Å². The first-order valence-corrected chi connectivity index (χ1v) is 5.66. The fraction of sp³-hybridized carbons (Fsp3) is 0.600. The summed E-state index contributed by atoms with van der Waals surface area (Å²) in [5.74, 6) is 4.70. The normalized spacial score (nSPS) is 8.88. The van der Waals surface area contributed by atoms with Gasteiger partial charge < -0.3 is 9.47 Å². The topological polar surface area (TPSA) is 52.6 Å². The number of esters is 2. The van der Waals surface area contributed by atoms with Gasteiger partial charge in [-0.15, -0.1) is 23.2 Å². The Morgan fingerprint density at radius 3 is 1.56 bits per heavy atom. The van der Waals surface area contributed by atoms with Crippen LogP contribution < -0.4 is 0 Å². The van der Waals surface area contributed by atoms with Crippen molar-refractivity contribution in [1.82, 2.24) is 0 Å². The lowest BCUT2D eigenvalue weighted by molar-refractivity contribution is -0.142. The molecule has 0 atom stereocenters. The average Bonchev–Trinajstić information content (AvgIpc) is 2.24. The smallest absolute Gasteiger partial charge is 0.307 e. The molecule has 0 saturated carbocycles. The van der Waals surface area contributed by atoms with Gasteiger partial charge in [0.05, 0.1) is 12.8 Å². The van der Waals surface area contributed by atoms with Gasteiger partial charge in [-0.2, -0.15) is 0 Å². The van der Waals surface area contributed by atoms with Gasteiger partial charge >= 0.3 is 11.9 Å². The molecule has 0 bridgehead atoms.